The molecule has 2 aromatic rings. The number of anilines is 1. The number of carbonyl (C=O) groups is 1. The minimum Gasteiger partial charge on any atom is -0.478 e. The van der Waals surface area contributed by atoms with Gasteiger partial charge in [-0.05, 0) is 25.0 Å². The van der Waals surface area contributed by atoms with Crippen molar-refractivity contribution in [2.24, 2.45) is 0 Å². The Morgan fingerprint density at radius 3 is 2.67 bits per heavy atom. The van der Waals surface area contributed by atoms with Crippen LogP contribution in [0.4, 0.5) is 5.82 Å². The van der Waals surface area contributed by atoms with Gasteiger partial charge in [0, 0.05) is 18.5 Å². The molecule has 92 valence electrons. The zero-order chi connectivity index (χ0) is 12.5. The molecule has 1 fully saturated rings. The summed E-state index contributed by atoms with van der Waals surface area (Å²) in [5.74, 6) is -0.113. The van der Waals surface area contributed by atoms with E-state index in [1.54, 1.807) is 12.1 Å². The maximum atomic E-state index is 11.3. The van der Waals surface area contributed by atoms with E-state index in [1.807, 2.05) is 18.2 Å². The van der Waals surface area contributed by atoms with Gasteiger partial charge in [0.25, 0.3) is 0 Å². The molecule has 0 atom stereocenters. The molecule has 3 rings (SSSR count). The standard InChI is InChI=1S/C14H14N2O2/c17-14(18)11-9-13(16-7-3-4-8-16)15-12-6-2-1-5-10(11)12/h1-2,5-6,9H,3-4,7-8H2,(H,17,18). The highest BCUT2D eigenvalue weighted by molar-refractivity contribution is 6.03. The maximum Gasteiger partial charge on any atom is 0.336 e. The van der Waals surface area contributed by atoms with Crippen molar-refractivity contribution in [3.63, 3.8) is 0 Å². The first-order chi connectivity index (χ1) is 8.75. The predicted octanol–water partition coefficient (Wildman–Crippen LogP) is 2.53. The van der Waals surface area contributed by atoms with E-state index in [9.17, 15) is 9.90 Å². The van der Waals surface area contributed by atoms with Gasteiger partial charge in [-0.15, -0.1) is 0 Å². The highest BCUT2D eigenvalue weighted by atomic mass is 16.4. The molecule has 0 unspecified atom stereocenters. The van der Waals surface area contributed by atoms with E-state index in [0.717, 1.165) is 37.3 Å². The van der Waals surface area contributed by atoms with Gasteiger partial charge in [-0.1, -0.05) is 18.2 Å². The fourth-order valence-electron chi connectivity index (χ4n) is 2.45. The number of carboxylic acid groups (broad SMARTS) is 1. The van der Waals surface area contributed by atoms with E-state index < -0.39 is 5.97 Å². The van der Waals surface area contributed by atoms with Gasteiger partial charge in [0.2, 0.25) is 0 Å². The van der Waals surface area contributed by atoms with Gasteiger partial charge >= 0.3 is 5.97 Å². The summed E-state index contributed by atoms with van der Waals surface area (Å²) in [7, 11) is 0. The lowest BCUT2D eigenvalue weighted by atomic mass is 10.1. The van der Waals surface area contributed by atoms with E-state index in [4.69, 9.17) is 0 Å². The quantitative estimate of drug-likeness (QED) is 0.879. The molecule has 1 aromatic heterocycles. The second-order valence-corrected chi connectivity index (χ2v) is 4.54. The van der Waals surface area contributed by atoms with Gasteiger partial charge in [-0.3, -0.25) is 0 Å². The van der Waals surface area contributed by atoms with Crippen LogP contribution in [0.3, 0.4) is 0 Å². The molecule has 4 heteroatoms. The summed E-state index contributed by atoms with van der Waals surface area (Å²) in [4.78, 5) is 18.1. The van der Waals surface area contributed by atoms with Crippen LogP contribution in [0.5, 0.6) is 0 Å². The monoisotopic (exact) mass is 242 g/mol. The second kappa shape index (κ2) is 4.29. The number of hydrogen-bond donors (Lipinski definition) is 1. The highest BCUT2D eigenvalue weighted by Crippen LogP contribution is 2.25. The van der Waals surface area contributed by atoms with E-state index in [0.29, 0.717) is 10.9 Å². The summed E-state index contributed by atoms with van der Waals surface area (Å²) in [5, 5.41) is 10.0. The Kier molecular flexibility index (Phi) is 2.63. The van der Waals surface area contributed by atoms with Crippen LogP contribution in [0.25, 0.3) is 10.9 Å². The third kappa shape index (κ3) is 1.79. The lowest BCUT2D eigenvalue weighted by molar-refractivity contribution is 0.0699. The number of pyridine rings is 1. The van der Waals surface area contributed by atoms with Crippen molar-refractivity contribution in [2.75, 3.05) is 18.0 Å². The van der Waals surface area contributed by atoms with E-state index >= 15 is 0 Å². The number of rotatable bonds is 2. The summed E-state index contributed by atoms with van der Waals surface area (Å²) in [5.41, 5.74) is 1.09. The van der Waals surface area contributed by atoms with Crippen LogP contribution in [0.15, 0.2) is 30.3 Å². The number of nitrogens with zero attached hydrogens (tertiary/aromatic N) is 2. The first kappa shape index (κ1) is 11.0. The summed E-state index contributed by atoms with van der Waals surface area (Å²) < 4.78 is 0. The van der Waals surface area contributed by atoms with Crippen molar-refractivity contribution in [1.82, 2.24) is 4.98 Å². The zero-order valence-corrected chi connectivity index (χ0v) is 9.97. The van der Waals surface area contributed by atoms with Crippen LogP contribution in [0, 0.1) is 0 Å². The number of fused-ring (bicyclic) bond motifs is 1. The lowest BCUT2D eigenvalue weighted by Crippen LogP contribution is -2.19. The van der Waals surface area contributed by atoms with Gasteiger partial charge in [0.15, 0.2) is 0 Å². The van der Waals surface area contributed by atoms with Crippen LogP contribution < -0.4 is 4.90 Å². The summed E-state index contributed by atoms with van der Waals surface area (Å²) >= 11 is 0. The fourth-order valence-corrected chi connectivity index (χ4v) is 2.45. The number of para-hydroxylation sites is 1. The molecular formula is C14H14N2O2. The van der Waals surface area contributed by atoms with Gasteiger partial charge in [0.05, 0.1) is 11.1 Å². The minimum atomic E-state index is -0.894. The number of aromatic nitrogens is 1. The molecule has 0 saturated carbocycles. The third-order valence-corrected chi connectivity index (χ3v) is 3.36. The van der Waals surface area contributed by atoms with Crippen LogP contribution in [-0.4, -0.2) is 29.1 Å². The van der Waals surface area contributed by atoms with Crippen molar-refractivity contribution < 1.29 is 9.90 Å². The molecule has 0 bridgehead atoms. The first-order valence-corrected chi connectivity index (χ1v) is 6.14. The molecule has 1 N–H and O–H groups in total. The molecule has 1 saturated heterocycles. The zero-order valence-electron chi connectivity index (χ0n) is 9.97. The summed E-state index contributed by atoms with van der Waals surface area (Å²) in [6.07, 6.45) is 2.30. The molecule has 4 nitrogen and oxygen atoms in total. The Morgan fingerprint density at radius 1 is 1.22 bits per heavy atom. The normalized spacial score (nSPS) is 15.2. The minimum absolute atomic E-state index is 0.336. The van der Waals surface area contributed by atoms with Crippen LogP contribution in [-0.2, 0) is 0 Å². The molecule has 2 heterocycles. The van der Waals surface area contributed by atoms with Crippen LogP contribution in [0.1, 0.15) is 23.2 Å². The van der Waals surface area contributed by atoms with Gasteiger partial charge in [0.1, 0.15) is 5.82 Å². The Bertz CT molecular complexity index is 604. The number of hydrogen-bond acceptors (Lipinski definition) is 3. The Morgan fingerprint density at radius 2 is 1.94 bits per heavy atom. The van der Waals surface area contributed by atoms with E-state index in [2.05, 4.69) is 9.88 Å². The predicted molar refractivity (Wildman–Crippen MR) is 70.1 cm³/mol. The average molecular weight is 242 g/mol. The Labute approximate surface area is 105 Å². The average Bonchev–Trinajstić information content (AvgIpc) is 2.91. The van der Waals surface area contributed by atoms with Crippen LogP contribution in [0.2, 0.25) is 0 Å². The molecule has 1 aliphatic rings. The second-order valence-electron chi connectivity index (χ2n) is 4.54. The molecule has 0 spiro atoms. The SMILES string of the molecule is O=C(O)c1cc(N2CCCC2)nc2ccccc12. The van der Waals surface area contributed by atoms with Crippen LogP contribution >= 0.6 is 0 Å². The smallest absolute Gasteiger partial charge is 0.336 e. The molecule has 0 aliphatic carbocycles. The molecule has 18 heavy (non-hydrogen) atoms. The third-order valence-electron chi connectivity index (χ3n) is 3.36. The van der Waals surface area contributed by atoms with E-state index in [-0.39, 0.29) is 0 Å². The maximum absolute atomic E-state index is 11.3. The van der Waals surface area contributed by atoms with Gasteiger partial charge in [-0.25, -0.2) is 9.78 Å². The van der Waals surface area contributed by atoms with Crippen molar-refractivity contribution in [2.45, 2.75) is 12.8 Å². The van der Waals surface area contributed by atoms with Crippen molar-refractivity contribution in [3.8, 4) is 0 Å². The molecular weight excluding hydrogens is 228 g/mol. The Balaban J connectivity index is 2.19. The molecule has 0 radical (unpaired) electrons. The summed E-state index contributed by atoms with van der Waals surface area (Å²) in [6.45, 7) is 1.93. The van der Waals surface area contributed by atoms with Crippen molar-refractivity contribution >= 4 is 22.7 Å². The van der Waals surface area contributed by atoms with Gasteiger partial charge in [-0.2, -0.15) is 0 Å². The number of benzene rings is 1. The largest absolute Gasteiger partial charge is 0.478 e. The highest BCUT2D eigenvalue weighted by Gasteiger charge is 2.17. The summed E-state index contributed by atoms with van der Waals surface area (Å²) in [6, 6.07) is 9.08. The topological polar surface area (TPSA) is 53.4 Å². The Hall–Kier alpha value is -2.10. The van der Waals surface area contributed by atoms with E-state index in [1.165, 1.54) is 0 Å². The van der Waals surface area contributed by atoms with Crippen molar-refractivity contribution in [1.29, 1.82) is 0 Å². The first-order valence-electron chi connectivity index (χ1n) is 6.14. The molecule has 1 aromatic carbocycles. The fraction of sp³-hybridized carbons (Fsp3) is 0.286. The lowest BCUT2D eigenvalue weighted by Gasteiger charge is -2.17. The van der Waals surface area contributed by atoms with Gasteiger partial charge < -0.3 is 10.0 Å². The molecule has 1 aliphatic heterocycles. The van der Waals surface area contributed by atoms with Crippen molar-refractivity contribution in [3.05, 3.63) is 35.9 Å². The number of aromatic carboxylic acids is 1. The number of carboxylic acids is 1. The molecule has 0 amide bonds.